The van der Waals surface area contributed by atoms with Crippen LogP contribution in [0.2, 0.25) is 10.0 Å². The molecule has 4 rings (SSSR count). The molecule has 0 fully saturated rings. The summed E-state index contributed by atoms with van der Waals surface area (Å²) >= 11 is 14.4. The molecule has 0 unspecified atom stereocenters. The van der Waals surface area contributed by atoms with Crippen LogP contribution in [0.3, 0.4) is 0 Å². The average Bonchev–Trinajstić information content (AvgIpc) is 3.46. The summed E-state index contributed by atoms with van der Waals surface area (Å²) in [5.74, 6) is 0. The van der Waals surface area contributed by atoms with Gasteiger partial charge in [-0.1, -0.05) is 40.6 Å². The number of carbonyl (C=O) groups is 2. The maximum Gasteiger partial charge on any atom is 0.416 e. The summed E-state index contributed by atoms with van der Waals surface area (Å²) in [6.07, 6.45) is 4.18. The highest BCUT2D eigenvalue weighted by atomic mass is 35.5. The number of nitrogens with zero attached hydrogens (tertiary/aromatic N) is 5. The smallest absolute Gasteiger partial charge is 0.397 e. The van der Waals surface area contributed by atoms with Gasteiger partial charge < -0.3 is 15.0 Å². The van der Waals surface area contributed by atoms with E-state index in [1.807, 2.05) is 0 Å². The Balaban J connectivity index is 1.28. The number of carbonyl (C=O) groups excluding carboxylic acids is 2. The second-order valence-corrected chi connectivity index (χ2v) is 10.0. The Morgan fingerprint density at radius 1 is 1.17 bits per heavy atom. The SMILES string of the molecule is Cc1nc(-c2cnccn2)sc1OC(=O)N(C)Cc1csc(NC(=O)NCc2ccc(Cl)c(Cl)c2)n1. The molecule has 0 saturated heterocycles. The molecule has 4 aromatic rings. The number of aromatic nitrogens is 4. The van der Waals surface area contributed by atoms with Crippen molar-refractivity contribution < 1.29 is 14.3 Å². The summed E-state index contributed by atoms with van der Waals surface area (Å²) < 4.78 is 5.52. The van der Waals surface area contributed by atoms with Gasteiger partial charge in [0.2, 0.25) is 5.06 Å². The lowest BCUT2D eigenvalue weighted by molar-refractivity contribution is 0.161. The number of urea groups is 1. The van der Waals surface area contributed by atoms with Crippen molar-refractivity contribution in [3.63, 3.8) is 0 Å². The summed E-state index contributed by atoms with van der Waals surface area (Å²) in [6, 6.07) is 4.70. The number of nitrogens with one attached hydrogen (secondary N) is 2. The predicted molar refractivity (Wildman–Crippen MR) is 140 cm³/mol. The molecule has 10 nitrogen and oxygen atoms in total. The first-order chi connectivity index (χ1) is 17.3. The lowest BCUT2D eigenvalue weighted by Crippen LogP contribution is -2.29. The molecule has 186 valence electrons. The summed E-state index contributed by atoms with van der Waals surface area (Å²) in [7, 11) is 1.60. The van der Waals surface area contributed by atoms with E-state index in [0.717, 1.165) is 5.56 Å². The van der Waals surface area contributed by atoms with Crippen LogP contribution in [-0.4, -0.2) is 44.0 Å². The Labute approximate surface area is 224 Å². The third-order valence-corrected chi connectivity index (χ3v) is 7.24. The van der Waals surface area contributed by atoms with E-state index in [1.165, 1.54) is 27.6 Å². The van der Waals surface area contributed by atoms with Crippen LogP contribution < -0.4 is 15.4 Å². The highest BCUT2D eigenvalue weighted by Crippen LogP contribution is 2.32. The minimum Gasteiger partial charge on any atom is -0.397 e. The number of amides is 3. The Morgan fingerprint density at radius 3 is 2.75 bits per heavy atom. The molecule has 1 aromatic carbocycles. The molecule has 0 saturated carbocycles. The predicted octanol–water partition coefficient (Wildman–Crippen LogP) is 5.62. The number of benzene rings is 1. The molecule has 3 amide bonds. The number of ether oxygens (including phenoxy) is 1. The van der Waals surface area contributed by atoms with Crippen LogP contribution in [0.25, 0.3) is 10.7 Å². The maximum absolute atomic E-state index is 12.6. The molecular formula is C22H19Cl2N7O3S2. The molecule has 0 radical (unpaired) electrons. The Kier molecular flexibility index (Phi) is 8.31. The molecule has 0 bridgehead atoms. The van der Waals surface area contributed by atoms with E-state index >= 15 is 0 Å². The van der Waals surface area contributed by atoms with Crippen LogP contribution in [-0.2, 0) is 13.1 Å². The van der Waals surface area contributed by atoms with E-state index in [-0.39, 0.29) is 13.1 Å². The van der Waals surface area contributed by atoms with Gasteiger partial charge in [0.1, 0.15) is 10.7 Å². The summed E-state index contributed by atoms with van der Waals surface area (Å²) in [4.78, 5) is 43.2. The van der Waals surface area contributed by atoms with E-state index in [9.17, 15) is 9.59 Å². The highest BCUT2D eigenvalue weighted by Gasteiger charge is 2.19. The van der Waals surface area contributed by atoms with Crippen molar-refractivity contribution in [3.8, 4) is 15.8 Å². The van der Waals surface area contributed by atoms with Crippen molar-refractivity contribution in [2.75, 3.05) is 12.4 Å². The van der Waals surface area contributed by atoms with Crippen LogP contribution in [0.4, 0.5) is 14.7 Å². The zero-order chi connectivity index (χ0) is 25.7. The molecule has 3 heterocycles. The number of hydrogen-bond donors (Lipinski definition) is 2. The molecular weight excluding hydrogens is 545 g/mol. The van der Waals surface area contributed by atoms with Gasteiger partial charge in [-0.15, -0.1) is 11.3 Å². The van der Waals surface area contributed by atoms with Crippen molar-refractivity contribution in [1.82, 2.24) is 30.2 Å². The van der Waals surface area contributed by atoms with Crippen molar-refractivity contribution in [1.29, 1.82) is 0 Å². The van der Waals surface area contributed by atoms with Gasteiger partial charge in [-0.25, -0.2) is 19.6 Å². The monoisotopic (exact) mass is 563 g/mol. The van der Waals surface area contributed by atoms with Crippen molar-refractivity contribution in [2.24, 2.45) is 0 Å². The summed E-state index contributed by atoms with van der Waals surface area (Å²) in [5.41, 5.74) is 2.58. The van der Waals surface area contributed by atoms with Gasteiger partial charge in [-0.05, 0) is 24.6 Å². The van der Waals surface area contributed by atoms with Gasteiger partial charge >= 0.3 is 12.1 Å². The average molecular weight is 564 g/mol. The summed E-state index contributed by atoms with van der Waals surface area (Å²) in [6.45, 7) is 2.21. The second kappa shape index (κ2) is 11.6. The Hall–Kier alpha value is -3.32. The maximum atomic E-state index is 12.6. The van der Waals surface area contributed by atoms with E-state index in [4.69, 9.17) is 27.9 Å². The molecule has 0 aliphatic heterocycles. The Bertz CT molecular complexity index is 1380. The van der Waals surface area contributed by atoms with E-state index in [2.05, 4.69) is 30.6 Å². The molecule has 14 heteroatoms. The van der Waals surface area contributed by atoms with Gasteiger partial charge in [0.05, 0.1) is 34.2 Å². The van der Waals surface area contributed by atoms with Gasteiger partial charge in [-0.2, -0.15) is 0 Å². The lowest BCUT2D eigenvalue weighted by Gasteiger charge is -2.14. The topological polar surface area (TPSA) is 122 Å². The van der Waals surface area contributed by atoms with Crippen molar-refractivity contribution >= 4 is 63.1 Å². The number of halogens is 2. The molecule has 0 aliphatic carbocycles. The molecule has 36 heavy (non-hydrogen) atoms. The minimum atomic E-state index is -0.561. The molecule has 0 atom stereocenters. The number of aryl methyl sites for hydroxylation is 1. The normalized spacial score (nSPS) is 10.7. The molecule has 2 N–H and O–H groups in total. The standard InChI is InChI=1S/C22H19Cl2N7O3S2/c1-12-19(36-18(28-12)17-9-25-5-6-26-17)34-22(33)31(2)10-14-11-35-21(29-14)30-20(32)27-8-13-3-4-15(23)16(24)7-13/h3-7,9,11H,8,10H2,1-2H3,(H2,27,29,30,32). The fourth-order valence-corrected chi connectivity index (χ4v) is 4.76. The van der Waals surface area contributed by atoms with Crippen LogP contribution >= 0.6 is 45.9 Å². The second-order valence-electron chi connectivity index (χ2n) is 7.41. The molecule has 3 aromatic heterocycles. The van der Waals surface area contributed by atoms with Gasteiger partial charge in [0.15, 0.2) is 5.13 Å². The molecule has 0 aliphatic rings. The highest BCUT2D eigenvalue weighted by molar-refractivity contribution is 7.17. The summed E-state index contributed by atoms with van der Waals surface area (Å²) in [5, 5.41) is 9.40. The van der Waals surface area contributed by atoms with E-state index in [1.54, 1.807) is 56.1 Å². The van der Waals surface area contributed by atoms with Crippen LogP contribution in [0.15, 0.2) is 42.2 Å². The molecule has 0 spiro atoms. The van der Waals surface area contributed by atoms with Crippen LogP contribution in [0.1, 0.15) is 17.0 Å². The van der Waals surface area contributed by atoms with E-state index in [0.29, 0.717) is 42.3 Å². The quantitative estimate of drug-likeness (QED) is 0.299. The number of thiazole rings is 2. The zero-order valence-corrected chi connectivity index (χ0v) is 22.1. The third kappa shape index (κ3) is 6.66. The Morgan fingerprint density at radius 2 is 2.00 bits per heavy atom. The van der Waals surface area contributed by atoms with Gasteiger partial charge in [-0.3, -0.25) is 15.3 Å². The van der Waals surface area contributed by atoms with Crippen molar-refractivity contribution in [3.05, 3.63) is 69.2 Å². The van der Waals surface area contributed by atoms with Gasteiger partial charge in [0.25, 0.3) is 0 Å². The van der Waals surface area contributed by atoms with Gasteiger partial charge in [0, 0.05) is 31.4 Å². The lowest BCUT2D eigenvalue weighted by atomic mass is 10.2. The fraction of sp³-hybridized carbons (Fsp3) is 0.182. The first-order valence-corrected chi connectivity index (χ1v) is 12.8. The zero-order valence-electron chi connectivity index (χ0n) is 19.0. The van der Waals surface area contributed by atoms with E-state index < -0.39 is 12.1 Å². The first kappa shape index (κ1) is 25.8. The third-order valence-electron chi connectivity index (χ3n) is 4.64. The van der Waals surface area contributed by atoms with Crippen LogP contribution in [0.5, 0.6) is 5.06 Å². The minimum absolute atomic E-state index is 0.191. The van der Waals surface area contributed by atoms with Crippen molar-refractivity contribution in [2.45, 2.75) is 20.0 Å². The fourth-order valence-electron chi connectivity index (χ4n) is 2.87. The first-order valence-electron chi connectivity index (χ1n) is 10.4. The number of anilines is 1. The van der Waals surface area contributed by atoms with Crippen LogP contribution in [0, 0.1) is 6.92 Å². The number of rotatable bonds is 7. The number of hydrogen-bond acceptors (Lipinski definition) is 9. The largest absolute Gasteiger partial charge is 0.416 e.